The molecule has 5 aromatic rings. The molecular formula is C41H36O9. The topological polar surface area (TPSA) is 114 Å². The van der Waals surface area contributed by atoms with E-state index in [9.17, 15) is 19.2 Å². The zero-order chi connectivity index (χ0) is 35.8. The van der Waals surface area contributed by atoms with Crippen LogP contribution in [0.15, 0.2) is 115 Å². The number of benzene rings is 5. The van der Waals surface area contributed by atoms with E-state index in [4.69, 9.17) is 23.7 Å². The van der Waals surface area contributed by atoms with Gasteiger partial charge in [-0.15, -0.1) is 0 Å². The second-order valence-corrected chi connectivity index (χ2v) is 12.3. The molecule has 0 aromatic heterocycles. The van der Waals surface area contributed by atoms with E-state index >= 15 is 0 Å². The Morgan fingerprint density at radius 1 is 0.480 bits per heavy atom. The molecule has 254 valence electrons. The van der Waals surface area contributed by atoms with E-state index in [-0.39, 0.29) is 28.4 Å². The van der Waals surface area contributed by atoms with Gasteiger partial charge in [0.2, 0.25) is 0 Å². The van der Waals surface area contributed by atoms with Crippen LogP contribution in [0.5, 0.6) is 28.7 Å². The maximum atomic E-state index is 13.1. The fourth-order valence-electron chi connectivity index (χ4n) is 4.83. The van der Waals surface area contributed by atoms with Crippen molar-refractivity contribution in [3.63, 3.8) is 0 Å². The van der Waals surface area contributed by atoms with Crippen LogP contribution in [0.4, 0.5) is 0 Å². The quantitative estimate of drug-likeness (QED) is 0.107. The van der Waals surface area contributed by atoms with Crippen LogP contribution in [0.3, 0.4) is 0 Å². The van der Waals surface area contributed by atoms with E-state index in [1.165, 1.54) is 61.7 Å². The van der Waals surface area contributed by atoms with Crippen LogP contribution < -0.4 is 23.7 Å². The Bertz CT molecular complexity index is 1990. The fourth-order valence-corrected chi connectivity index (χ4v) is 4.83. The first-order chi connectivity index (χ1) is 23.9. The van der Waals surface area contributed by atoms with Gasteiger partial charge in [0.05, 0.1) is 29.4 Å². The highest BCUT2D eigenvalue weighted by atomic mass is 16.5. The first kappa shape index (κ1) is 35.1. The second kappa shape index (κ2) is 15.3. The molecule has 0 atom stereocenters. The summed E-state index contributed by atoms with van der Waals surface area (Å²) in [7, 11) is 1.54. The van der Waals surface area contributed by atoms with Crippen molar-refractivity contribution in [2.75, 3.05) is 7.11 Å². The van der Waals surface area contributed by atoms with Gasteiger partial charge < -0.3 is 23.7 Å². The number of ether oxygens (including phenoxy) is 5. The summed E-state index contributed by atoms with van der Waals surface area (Å²) < 4.78 is 27.4. The van der Waals surface area contributed by atoms with Gasteiger partial charge in [-0.05, 0) is 121 Å². The van der Waals surface area contributed by atoms with Gasteiger partial charge in [-0.25, -0.2) is 19.2 Å². The number of esters is 4. The van der Waals surface area contributed by atoms with Crippen LogP contribution in [0.25, 0.3) is 0 Å². The van der Waals surface area contributed by atoms with Gasteiger partial charge in [0.1, 0.15) is 28.7 Å². The van der Waals surface area contributed by atoms with Gasteiger partial charge in [-0.2, -0.15) is 0 Å². The lowest BCUT2D eigenvalue weighted by Crippen LogP contribution is -2.17. The molecule has 0 saturated heterocycles. The molecule has 0 aliphatic rings. The predicted octanol–water partition coefficient (Wildman–Crippen LogP) is 8.43. The van der Waals surface area contributed by atoms with E-state index in [0.29, 0.717) is 28.2 Å². The van der Waals surface area contributed by atoms with Gasteiger partial charge >= 0.3 is 23.9 Å². The van der Waals surface area contributed by atoms with Crippen LogP contribution in [0.2, 0.25) is 0 Å². The molecule has 0 bridgehead atoms. The third kappa shape index (κ3) is 8.82. The first-order valence-corrected chi connectivity index (χ1v) is 15.9. The average Bonchev–Trinajstić information content (AvgIpc) is 3.12. The Balaban J connectivity index is 1.21. The van der Waals surface area contributed by atoms with E-state index < -0.39 is 29.3 Å². The predicted molar refractivity (Wildman–Crippen MR) is 187 cm³/mol. The Hall–Kier alpha value is -6.22. The molecule has 0 unspecified atom stereocenters. The van der Waals surface area contributed by atoms with Crippen LogP contribution in [0, 0.1) is 0 Å². The molecule has 9 heteroatoms. The molecule has 0 N–H and O–H groups in total. The minimum absolute atomic E-state index is 0.241. The smallest absolute Gasteiger partial charge is 0.343 e. The summed E-state index contributed by atoms with van der Waals surface area (Å²) >= 11 is 0. The Kier molecular flexibility index (Phi) is 10.8. The van der Waals surface area contributed by atoms with Crippen molar-refractivity contribution in [1.82, 2.24) is 0 Å². The molecule has 0 aliphatic carbocycles. The number of carbonyl (C=O) groups is 4. The molecule has 0 radical (unpaired) electrons. The van der Waals surface area contributed by atoms with Crippen molar-refractivity contribution < 1.29 is 42.9 Å². The van der Waals surface area contributed by atoms with E-state index in [0.717, 1.165) is 12.0 Å². The SMILES string of the molecule is CCc1ccc(C(=O)Oc2ccc(C(=O)Oc3ccc(OC(=O)c4ccc(OC(=O)c5ccc(OC)cc5)cc4)cc3C(C)(C)C)cc2)cc1. The third-order valence-electron chi connectivity index (χ3n) is 7.70. The molecule has 0 fully saturated rings. The molecular weight excluding hydrogens is 636 g/mol. The van der Waals surface area contributed by atoms with Gasteiger partial charge in [0.15, 0.2) is 0 Å². The van der Waals surface area contributed by atoms with Crippen molar-refractivity contribution >= 4 is 23.9 Å². The van der Waals surface area contributed by atoms with Crippen LogP contribution in [0.1, 0.15) is 80.3 Å². The average molecular weight is 673 g/mol. The van der Waals surface area contributed by atoms with E-state index in [1.807, 2.05) is 39.8 Å². The molecule has 5 aromatic carbocycles. The molecule has 9 nitrogen and oxygen atoms in total. The zero-order valence-corrected chi connectivity index (χ0v) is 28.4. The highest BCUT2D eigenvalue weighted by molar-refractivity contribution is 5.94. The lowest BCUT2D eigenvalue weighted by Gasteiger charge is -2.23. The van der Waals surface area contributed by atoms with Gasteiger partial charge in [-0.1, -0.05) is 39.8 Å². The standard InChI is InChI=1S/C41H36O9/c1-6-26-7-9-27(10-8-26)37(42)47-33-21-15-30(16-22-33)40(45)50-36-24-23-34(25-35(36)41(2,3)4)49-39(44)29-13-19-32(20-14-29)48-38(43)28-11-17-31(46-5)18-12-28/h7-25H,6H2,1-5H3. The third-order valence-corrected chi connectivity index (χ3v) is 7.70. The summed E-state index contributed by atoms with van der Waals surface area (Å²) in [6.45, 7) is 7.86. The molecule has 0 saturated carbocycles. The monoisotopic (exact) mass is 672 g/mol. The summed E-state index contributed by atoms with van der Waals surface area (Å²) in [5.41, 5.74) is 2.54. The zero-order valence-electron chi connectivity index (χ0n) is 28.4. The highest BCUT2D eigenvalue weighted by Gasteiger charge is 2.23. The van der Waals surface area contributed by atoms with Crippen molar-refractivity contribution in [3.05, 3.63) is 149 Å². The number of aryl methyl sites for hydroxylation is 1. The maximum absolute atomic E-state index is 13.1. The summed E-state index contributed by atoms with van der Waals surface area (Å²) in [5.74, 6) is -0.558. The second-order valence-electron chi connectivity index (χ2n) is 12.3. The van der Waals surface area contributed by atoms with Crippen molar-refractivity contribution in [3.8, 4) is 28.7 Å². The van der Waals surface area contributed by atoms with Crippen molar-refractivity contribution in [1.29, 1.82) is 0 Å². The van der Waals surface area contributed by atoms with Crippen molar-refractivity contribution in [2.45, 2.75) is 39.5 Å². The van der Waals surface area contributed by atoms with Gasteiger partial charge in [-0.3, -0.25) is 0 Å². The first-order valence-electron chi connectivity index (χ1n) is 15.9. The Labute approximate surface area is 290 Å². The maximum Gasteiger partial charge on any atom is 0.343 e. The summed E-state index contributed by atoms with van der Waals surface area (Å²) in [5, 5.41) is 0. The fraction of sp³-hybridized carbons (Fsp3) is 0.171. The summed E-state index contributed by atoms with van der Waals surface area (Å²) in [6.07, 6.45) is 0.868. The number of rotatable bonds is 10. The van der Waals surface area contributed by atoms with Crippen LogP contribution in [-0.4, -0.2) is 31.0 Å². The number of hydrogen-bond acceptors (Lipinski definition) is 9. The van der Waals surface area contributed by atoms with Crippen LogP contribution in [-0.2, 0) is 11.8 Å². The van der Waals surface area contributed by atoms with Crippen LogP contribution >= 0.6 is 0 Å². The summed E-state index contributed by atoms with van der Waals surface area (Å²) in [4.78, 5) is 51.1. The molecule has 0 heterocycles. The number of methoxy groups -OCH3 is 1. The van der Waals surface area contributed by atoms with Gasteiger partial charge in [0, 0.05) is 5.56 Å². The highest BCUT2D eigenvalue weighted by Crippen LogP contribution is 2.35. The number of hydrogen-bond donors (Lipinski definition) is 0. The van der Waals surface area contributed by atoms with E-state index in [2.05, 4.69) is 0 Å². The lowest BCUT2D eigenvalue weighted by atomic mass is 9.86. The largest absolute Gasteiger partial charge is 0.497 e. The molecule has 5 rings (SSSR count). The minimum atomic E-state index is -0.624. The molecule has 0 amide bonds. The molecule has 50 heavy (non-hydrogen) atoms. The van der Waals surface area contributed by atoms with Crippen molar-refractivity contribution in [2.24, 2.45) is 0 Å². The molecule has 0 spiro atoms. The lowest BCUT2D eigenvalue weighted by molar-refractivity contribution is 0.0714. The molecule has 0 aliphatic heterocycles. The Morgan fingerprint density at radius 2 is 0.840 bits per heavy atom. The number of carbonyl (C=O) groups excluding carboxylic acids is 4. The minimum Gasteiger partial charge on any atom is -0.497 e. The summed E-state index contributed by atoms with van der Waals surface area (Å²) in [6, 6.07) is 30.5. The van der Waals surface area contributed by atoms with Gasteiger partial charge in [0.25, 0.3) is 0 Å². The normalized spacial score (nSPS) is 10.9. The Morgan fingerprint density at radius 3 is 1.24 bits per heavy atom. The van der Waals surface area contributed by atoms with E-state index in [1.54, 1.807) is 48.5 Å².